The number of carbonyl (C=O) groups excluding carboxylic acids is 3. The first kappa shape index (κ1) is 14.8. The molecular formula is C17H15N3O3. The normalized spacial score (nSPS) is 13.8. The molecule has 4 amide bonds. The minimum Gasteiger partial charge on any atom is -0.329 e. The highest BCUT2D eigenvalue weighted by atomic mass is 16.2. The maximum absolute atomic E-state index is 12.0. The van der Waals surface area contributed by atoms with Gasteiger partial charge < -0.3 is 10.6 Å². The second-order valence-electron chi connectivity index (χ2n) is 5.16. The molecule has 0 unspecified atom stereocenters. The Labute approximate surface area is 133 Å². The molecular weight excluding hydrogens is 294 g/mol. The van der Waals surface area contributed by atoms with Crippen LogP contribution in [-0.4, -0.2) is 29.3 Å². The summed E-state index contributed by atoms with van der Waals surface area (Å²) in [7, 11) is 0. The van der Waals surface area contributed by atoms with Crippen LogP contribution in [0.25, 0.3) is 0 Å². The summed E-state index contributed by atoms with van der Waals surface area (Å²) in [5.41, 5.74) is 2.05. The maximum Gasteiger partial charge on any atom is 0.324 e. The van der Waals surface area contributed by atoms with E-state index in [2.05, 4.69) is 10.6 Å². The van der Waals surface area contributed by atoms with Gasteiger partial charge in [-0.1, -0.05) is 30.3 Å². The van der Waals surface area contributed by atoms with E-state index in [-0.39, 0.29) is 30.9 Å². The Balaban J connectivity index is 1.64. The smallest absolute Gasteiger partial charge is 0.324 e. The lowest BCUT2D eigenvalue weighted by molar-refractivity contribution is -0.125. The van der Waals surface area contributed by atoms with Gasteiger partial charge in [0.1, 0.15) is 0 Å². The lowest BCUT2D eigenvalue weighted by Gasteiger charge is -2.12. The number of carbonyl (C=O) groups is 3. The third kappa shape index (κ3) is 3.37. The van der Waals surface area contributed by atoms with Gasteiger partial charge in [-0.3, -0.25) is 14.5 Å². The quantitative estimate of drug-likeness (QED) is 0.848. The summed E-state index contributed by atoms with van der Waals surface area (Å²) in [6.45, 7) is 0.266. The summed E-state index contributed by atoms with van der Waals surface area (Å²) in [4.78, 5) is 36.3. The molecule has 1 aliphatic heterocycles. The number of amides is 4. The molecule has 0 radical (unpaired) electrons. The van der Waals surface area contributed by atoms with Crippen molar-refractivity contribution in [1.29, 1.82) is 0 Å². The first-order valence-electron chi connectivity index (χ1n) is 7.17. The van der Waals surface area contributed by atoms with Crippen molar-refractivity contribution in [3.8, 4) is 0 Å². The van der Waals surface area contributed by atoms with Gasteiger partial charge in [-0.2, -0.15) is 0 Å². The van der Waals surface area contributed by atoms with E-state index in [1.807, 2.05) is 6.07 Å². The molecule has 23 heavy (non-hydrogen) atoms. The fourth-order valence-corrected chi connectivity index (χ4v) is 2.28. The Hall–Kier alpha value is -3.15. The molecule has 116 valence electrons. The molecule has 2 aromatic rings. The largest absolute Gasteiger partial charge is 0.329 e. The van der Waals surface area contributed by atoms with Crippen LogP contribution in [0, 0.1) is 0 Å². The van der Waals surface area contributed by atoms with Gasteiger partial charge in [0.2, 0.25) is 5.91 Å². The highest BCUT2D eigenvalue weighted by Gasteiger charge is 2.28. The monoisotopic (exact) mass is 309 g/mol. The van der Waals surface area contributed by atoms with Crippen molar-refractivity contribution in [2.75, 3.05) is 11.9 Å². The van der Waals surface area contributed by atoms with E-state index in [0.29, 0.717) is 11.3 Å². The highest BCUT2D eigenvalue weighted by Crippen LogP contribution is 2.14. The summed E-state index contributed by atoms with van der Waals surface area (Å²) in [5, 5.41) is 5.27. The summed E-state index contributed by atoms with van der Waals surface area (Å²) in [5.74, 6) is -0.427. The molecule has 1 aliphatic rings. The van der Waals surface area contributed by atoms with Gasteiger partial charge in [-0.05, 0) is 29.8 Å². The van der Waals surface area contributed by atoms with Crippen LogP contribution < -0.4 is 10.6 Å². The van der Waals surface area contributed by atoms with Gasteiger partial charge in [0.05, 0.1) is 13.1 Å². The van der Waals surface area contributed by atoms with Gasteiger partial charge in [0, 0.05) is 11.3 Å². The fourth-order valence-electron chi connectivity index (χ4n) is 2.28. The van der Waals surface area contributed by atoms with E-state index in [1.54, 1.807) is 48.5 Å². The molecule has 6 heteroatoms. The molecule has 1 fully saturated rings. The topological polar surface area (TPSA) is 78.5 Å². The number of urea groups is 1. The van der Waals surface area contributed by atoms with Crippen LogP contribution in [0.2, 0.25) is 0 Å². The van der Waals surface area contributed by atoms with E-state index in [0.717, 1.165) is 10.5 Å². The zero-order valence-corrected chi connectivity index (χ0v) is 12.3. The van der Waals surface area contributed by atoms with Crippen molar-refractivity contribution < 1.29 is 14.4 Å². The van der Waals surface area contributed by atoms with E-state index in [4.69, 9.17) is 0 Å². The minimum atomic E-state index is -0.378. The molecule has 6 nitrogen and oxygen atoms in total. The summed E-state index contributed by atoms with van der Waals surface area (Å²) >= 11 is 0. The third-order valence-corrected chi connectivity index (χ3v) is 3.53. The third-order valence-electron chi connectivity index (χ3n) is 3.53. The van der Waals surface area contributed by atoms with Crippen LogP contribution in [-0.2, 0) is 11.3 Å². The Morgan fingerprint density at radius 2 is 1.74 bits per heavy atom. The molecule has 0 bridgehead atoms. The standard InChI is InChI=1S/C17H15N3O3/c21-15-10-18-17(23)20(15)11-12-6-8-14(9-7-12)19-16(22)13-4-2-1-3-5-13/h1-9H,10-11H2,(H,18,23)(H,19,22). The number of hydrogen-bond acceptors (Lipinski definition) is 3. The lowest BCUT2D eigenvalue weighted by Crippen LogP contribution is -2.30. The molecule has 2 N–H and O–H groups in total. The number of benzene rings is 2. The minimum absolute atomic E-state index is 0.0457. The van der Waals surface area contributed by atoms with Gasteiger partial charge in [-0.15, -0.1) is 0 Å². The van der Waals surface area contributed by atoms with E-state index in [1.165, 1.54) is 0 Å². The number of imide groups is 1. The van der Waals surface area contributed by atoms with Crippen molar-refractivity contribution in [2.45, 2.75) is 6.54 Å². The van der Waals surface area contributed by atoms with Crippen molar-refractivity contribution in [3.63, 3.8) is 0 Å². The van der Waals surface area contributed by atoms with Crippen LogP contribution in [0.4, 0.5) is 10.5 Å². The Bertz CT molecular complexity index is 725. The van der Waals surface area contributed by atoms with Crippen LogP contribution in [0.1, 0.15) is 15.9 Å². The molecule has 0 aromatic heterocycles. The summed E-state index contributed by atoms with van der Waals surface area (Å²) < 4.78 is 0. The van der Waals surface area contributed by atoms with Gasteiger partial charge in [0.25, 0.3) is 5.91 Å². The first-order chi connectivity index (χ1) is 11.1. The predicted molar refractivity (Wildman–Crippen MR) is 84.8 cm³/mol. The first-order valence-corrected chi connectivity index (χ1v) is 7.17. The van der Waals surface area contributed by atoms with Crippen LogP contribution in [0.15, 0.2) is 54.6 Å². The van der Waals surface area contributed by atoms with Crippen LogP contribution in [0.5, 0.6) is 0 Å². The van der Waals surface area contributed by atoms with Crippen molar-refractivity contribution in [2.24, 2.45) is 0 Å². The fraction of sp³-hybridized carbons (Fsp3) is 0.118. The summed E-state index contributed by atoms with van der Waals surface area (Å²) in [6, 6.07) is 15.6. The van der Waals surface area contributed by atoms with E-state index < -0.39 is 0 Å². The zero-order valence-electron chi connectivity index (χ0n) is 12.3. The predicted octanol–water partition coefficient (Wildman–Crippen LogP) is 1.99. The zero-order chi connectivity index (χ0) is 16.2. The molecule has 1 saturated heterocycles. The molecule has 1 heterocycles. The van der Waals surface area contributed by atoms with E-state index >= 15 is 0 Å². The molecule has 0 aliphatic carbocycles. The van der Waals surface area contributed by atoms with Crippen LogP contribution in [0.3, 0.4) is 0 Å². The van der Waals surface area contributed by atoms with Crippen LogP contribution >= 0.6 is 0 Å². The van der Waals surface area contributed by atoms with Gasteiger partial charge in [-0.25, -0.2) is 4.79 Å². The molecule has 0 spiro atoms. The molecule has 2 aromatic carbocycles. The molecule has 3 rings (SSSR count). The van der Waals surface area contributed by atoms with Crippen molar-refractivity contribution in [1.82, 2.24) is 10.2 Å². The average molecular weight is 309 g/mol. The van der Waals surface area contributed by atoms with Crippen molar-refractivity contribution >= 4 is 23.5 Å². The van der Waals surface area contributed by atoms with Crippen molar-refractivity contribution in [3.05, 3.63) is 65.7 Å². The number of rotatable bonds is 4. The Morgan fingerprint density at radius 3 is 2.35 bits per heavy atom. The average Bonchev–Trinajstić information content (AvgIpc) is 2.89. The lowest BCUT2D eigenvalue weighted by atomic mass is 10.1. The summed E-state index contributed by atoms with van der Waals surface area (Å²) in [6.07, 6.45) is 0. The second-order valence-corrected chi connectivity index (χ2v) is 5.16. The molecule has 0 atom stereocenters. The Morgan fingerprint density at radius 1 is 1.04 bits per heavy atom. The number of nitrogens with zero attached hydrogens (tertiary/aromatic N) is 1. The highest BCUT2D eigenvalue weighted by molar-refractivity contribution is 6.04. The van der Waals surface area contributed by atoms with E-state index in [9.17, 15) is 14.4 Å². The van der Waals surface area contributed by atoms with Gasteiger partial charge in [0.15, 0.2) is 0 Å². The number of nitrogens with one attached hydrogen (secondary N) is 2. The maximum atomic E-state index is 12.0. The Kier molecular flexibility index (Phi) is 4.05. The molecule has 0 saturated carbocycles. The number of anilines is 1. The SMILES string of the molecule is O=C(Nc1ccc(CN2C(=O)CNC2=O)cc1)c1ccccc1. The second kappa shape index (κ2) is 6.31. The van der Waals surface area contributed by atoms with Gasteiger partial charge >= 0.3 is 6.03 Å². The number of hydrogen-bond donors (Lipinski definition) is 2.